The highest BCUT2D eigenvalue weighted by molar-refractivity contribution is 5.96. The van der Waals surface area contributed by atoms with E-state index >= 15 is 0 Å². The van der Waals surface area contributed by atoms with Crippen LogP contribution in [-0.4, -0.2) is 23.8 Å². The summed E-state index contributed by atoms with van der Waals surface area (Å²) in [5.74, 6) is 0.0592. The summed E-state index contributed by atoms with van der Waals surface area (Å²) in [5.41, 5.74) is 0.471. The van der Waals surface area contributed by atoms with Gasteiger partial charge >= 0.3 is 0 Å². The fourth-order valence-corrected chi connectivity index (χ4v) is 1.02. The second-order valence-electron chi connectivity index (χ2n) is 2.91. The van der Waals surface area contributed by atoms with Crippen molar-refractivity contribution < 1.29 is 9.59 Å². The Morgan fingerprint density at radius 2 is 2.20 bits per heavy atom. The van der Waals surface area contributed by atoms with Gasteiger partial charge in [-0.15, -0.1) is 0 Å². The summed E-state index contributed by atoms with van der Waals surface area (Å²) in [6, 6.07) is 3.12. The number of anilines is 1. The molecule has 5 heteroatoms. The molecule has 80 valence electrons. The fourth-order valence-electron chi connectivity index (χ4n) is 1.02. The number of amides is 2. The maximum Gasteiger partial charge on any atom is 0.251 e. The first-order valence-corrected chi connectivity index (χ1v) is 4.65. The standard InChI is InChI=1S/C10H13N3O2/c1-3-9(14)13-8-6-7(4-5-12-8)10(15)11-2/h4-6H,3H2,1-2H3,(H,11,15)(H,12,13,14). The van der Waals surface area contributed by atoms with E-state index in [4.69, 9.17) is 0 Å². The Bertz CT molecular complexity index is 377. The third kappa shape index (κ3) is 3.05. The zero-order valence-electron chi connectivity index (χ0n) is 8.70. The van der Waals surface area contributed by atoms with Crippen molar-refractivity contribution in [3.8, 4) is 0 Å². The van der Waals surface area contributed by atoms with Gasteiger partial charge in [-0.25, -0.2) is 4.98 Å². The number of nitrogens with one attached hydrogen (secondary N) is 2. The smallest absolute Gasteiger partial charge is 0.251 e. The number of pyridine rings is 1. The molecule has 5 nitrogen and oxygen atoms in total. The number of aromatic nitrogens is 1. The van der Waals surface area contributed by atoms with E-state index in [0.717, 1.165) is 0 Å². The van der Waals surface area contributed by atoms with Gasteiger partial charge in [-0.3, -0.25) is 9.59 Å². The van der Waals surface area contributed by atoms with Gasteiger partial charge in [-0.2, -0.15) is 0 Å². The van der Waals surface area contributed by atoms with Gasteiger partial charge in [0.2, 0.25) is 5.91 Å². The molecular weight excluding hydrogens is 194 g/mol. The summed E-state index contributed by atoms with van der Waals surface area (Å²) >= 11 is 0. The zero-order chi connectivity index (χ0) is 11.3. The number of rotatable bonds is 3. The number of nitrogens with zero attached hydrogens (tertiary/aromatic N) is 1. The minimum atomic E-state index is -0.204. The van der Waals surface area contributed by atoms with Crippen LogP contribution in [0, 0.1) is 0 Å². The summed E-state index contributed by atoms with van der Waals surface area (Å²) in [6.45, 7) is 1.75. The van der Waals surface area contributed by atoms with Crippen LogP contribution in [0.3, 0.4) is 0 Å². The van der Waals surface area contributed by atoms with Crippen LogP contribution in [0.2, 0.25) is 0 Å². The predicted molar refractivity (Wildman–Crippen MR) is 56.5 cm³/mol. The molecule has 1 aromatic heterocycles. The Morgan fingerprint density at radius 3 is 2.80 bits per heavy atom. The minimum absolute atomic E-state index is 0.128. The number of carbonyl (C=O) groups excluding carboxylic acids is 2. The molecule has 0 saturated carbocycles. The Labute approximate surface area is 87.9 Å². The van der Waals surface area contributed by atoms with Crippen LogP contribution >= 0.6 is 0 Å². The van der Waals surface area contributed by atoms with E-state index in [-0.39, 0.29) is 11.8 Å². The summed E-state index contributed by atoms with van der Waals surface area (Å²) < 4.78 is 0. The number of carbonyl (C=O) groups is 2. The lowest BCUT2D eigenvalue weighted by molar-refractivity contribution is -0.115. The Morgan fingerprint density at radius 1 is 1.47 bits per heavy atom. The lowest BCUT2D eigenvalue weighted by Crippen LogP contribution is -2.18. The second kappa shape index (κ2) is 5.09. The van der Waals surface area contributed by atoms with Crippen molar-refractivity contribution in [1.29, 1.82) is 0 Å². The average Bonchev–Trinajstić information content (AvgIpc) is 2.28. The summed E-state index contributed by atoms with van der Waals surface area (Å²) in [5, 5.41) is 5.08. The van der Waals surface area contributed by atoms with Gasteiger partial charge in [0.25, 0.3) is 5.91 Å². The third-order valence-electron chi connectivity index (χ3n) is 1.84. The second-order valence-corrected chi connectivity index (χ2v) is 2.91. The van der Waals surface area contributed by atoms with Crippen LogP contribution in [0.25, 0.3) is 0 Å². The maximum atomic E-state index is 11.3. The van der Waals surface area contributed by atoms with Crippen LogP contribution in [0.4, 0.5) is 5.82 Å². The molecule has 2 N–H and O–H groups in total. The molecule has 0 unspecified atom stereocenters. The van der Waals surface area contributed by atoms with Crippen molar-refractivity contribution in [1.82, 2.24) is 10.3 Å². The van der Waals surface area contributed by atoms with Crippen LogP contribution in [-0.2, 0) is 4.79 Å². The van der Waals surface area contributed by atoms with Gasteiger partial charge in [0, 0.05) is 25.2 Å². The van der Waals surface area contributed by atoms with Crippen molar-refractivity contribution in [2.24, 2.45) is 0 Å². The molecule has 0 bridgehead atoms. The Hall–Kier alpha value is -1.91. The largest absolute Gasteiger partial charge is 0.355 e. The highest BCUT2D eigenvalue weighted by Gasteiger charge is 2.05. The molecule has 1 heterocycles. The molecule has 0 radical (unpaired) electrons. The lowest BCUT2D eigenvalue weighted by Gasteiger charge is -2.04. The predicted octanol–water partition coefficient (Wildman–Crippen LogP) is 0.790. The summed E-state index contributed by atoms with van der Waals surface area (Å²) in [4.78, 5) is 26.3. The van der Waals surface area contributed by atoms with Gasteiger partial charge in [0.15, 0.2) is 0 Å². The van der Waals surface area contributed by atoms with Crippen molar-refractivity contribution in [3.63, 3.8) is 0 Å². The molecule has 0 atom stereocenters. The van der Waals surface area contributed by atoms with E-state index in [2.05, 4.69) is 15.6 Å². The monoisotopic (exact) mass is 207 g/mol. The molecule has 0 spiro atoms. The molecule has 1 rings (SSSR count). The topological polar surface area (TPSA) is 71.1 Å². The first-order valence-electron chi connectivity index (χ1n) is 4.65. The Kier molecular flexibility index (Phi) is 3.79. The first-order chi connectivity index (χ1) is 7.17. The molecule has 2 amide bonds. The van der Waals surface area contributed by atoms with Crippen molar-refractivity contribution in [2.45, 2.75) is 13.3 Å². The van der Waals surface area contributed by atoms with E-state index in [1.54, 1.807) is 20.0 Å². The van der Waals surface area contributed by atoms with Gasteiger partial charge in [-0.05, 0) is 12.1 Å². The van der Waals surface area contributed by atoms with E-state index in [0.29, 0.717) is 17.8 Å². The highest BCUT2D eigenvalue weighted by atomic mass is 16.2. The molecule has 0 fully saturated rings. The van der Waals surface area contributed by atoms with E-state index in [9.17, 15) is 9.59 Å². The van der Waals surface area contributed by atoms with Crippen LogP contribution < -0.4 is 10.6 Å². The van der Waals surface area contributed by atoms with Crippen LogP contribution in [0.1, 0.15) is 23.7 Å². The van der Waals surface area contributed by atoms with Crippen LogP contribution in [0.15, 0.2) is 18.3 Å². The highest BCUT2D eigenvalue weighted by Crippen LogP contribution is 2.06. The maximum absolute atomic E-state index is 11.3. The quantitative estimate of drug-likeness (QED) is 0.769. The van der Waals surface area contributed by atoms with Crippen LogP contribution in [0.5, 0.6) is 0 Å². The normalized spacial score (nSPS) is 9.47. The molecule has 15 heavy (non-hydrogen) atoms. The van der Waals surface area contributed by atoms with Gasteiger partial charge in [0.1, 0.15) is 5.82 Å². The van der Waals surface area contributed by atoms with Crippen molar-refractivity contribution in [2.75, 3.05) is 12.4 Å². The van der Waals surface area contributed by atoms with Gasteiger partial charge in [0.05, 0.1) is 0 Å². The molecule has 0 aromatic carbocycles. The number of hydrogen-bond donors (Lipinski definition) is 2. The third-order valence-corrected chi connectivity index (χ3v) is 1.84. The fraction of sp³-hybridized carbons (Fsp3) is 0.300. The summed E-state index contributed by atoms with van der Waals surface area (Å²) in [7, 11) is 1.55. The van der Waals surface area contributed by atoms with Gasteiger partial charge in [-0.1, -0.05) is 6.92 Å². The lowest BCUT2D eigenvalue weighted by atomic mass is 10.2. The first kappa shape index (κ1) is 11.2. The minimum Gasteiger partial charge on any atom is -0.355 e. The summed E-state index contributed by atoms with van der Waals surface area (Å²) in [6.07, 6.45) is 1.86. The number of hydrogen-bond acceptors (Lipinski definition) is 3. The zero-order valence-corrected chi connectivity index (χ0v) is 8.70. The SMILES string of the molecule is CCC(=O)Nc1cc(C(=O)NC)ccn1. The van der Waals surface area contributed by atoms with Crippen molar-refractivity contribution in [3.05, 3.63) is 23.9 Å². The molecule has 1 aromatic rings. The molecule has 0 aliphatic carbocycles. The van der Waals surface area contributed by atoms with Crippen molar-refractivity contribution >= 4 is 17.6 Å². The van der Waals surface area contributed by atoms with E-state index in [1.165, 1.54) is 12.3 Å². The van der Waals surface area contributed by atoms with E-state index < -0.39 is 0 Å². The Balaban J connectivity index is 2.83. The molecule has 0 aliphatic heterocycles. The molecular formula is C10H13N3O2. The van der Waals surface area contributed by atoms with E-state index in [1.807, 2.05) is 0 Å². The average molecular weight is 207 g/mol. The van der Waals surface area contributed by atoms with Gasteiger partial charge < -0.3 is 10.6 Å². The molecule has 0 aliphatic rings. The molecule has 0 saturated heterocycles.